The number of amides is 1. The zero-order valence-electron chi connectivity index (χ0n) is 16.0. The van der Waals surface area contributed by atoms with Gasteiger partial charge in [0, 0.05) is 30.3 Å². The number of rotatable bonds is 5. The fourth-order valence-corrected chi connectivity index (χ4v) is 3.00. The van der Waals surface area contributed by atoms with E-state index in [-0.39, 0.29) is 5.91 Å². The number of pyridine rings is 1. The number of carbonyl (C=O) groups is 1. The van der Waals surface area contributed by atoms with Crippen LogP contribution in [-0.2, 0) is 6.54 Å². The number of aryl methyl sites for hydroxylation is 4. The molecule has 0 spiro atoms. The van der Waals surface area contributed by atoms with Crippen LogP contribution in [-0.4, -0.2) is 20.9 Å². The van der Waals surface area contributed by atoms with E-state index in [9.17, 15) is 4.79 Å². The van der Waals surface area contributed by atoms with Crippen LogP contribution in [0.15, 0.2) is 42.7 Å². The molecule has 1 amide bonds. The summed E-state index contributed by atoms with van der Waals surface area (Å²) in [6.45, 7) is 8.42. The van der Waals surface area contributed by atoms with E-state index in [1.165, 1.54) is 5.56 Å². The van der Waals surface area contributed by atoms with Crippen molar-refractivity contribution in [2.24, 2.45) is 0 Å². The maximum absolute atomic E-state index is 12.5. The summed E-state index contributed by atoms with van der Waals surface area (Å²) < 4.78 is 0. The molecule has 6 heteroatoms. The second-order valence-electron chi connectivity index (χ2n) is 6.66. The zero-order valence-corrected chi connectivity index (χ0v) is 16.0. The van der Waals surface area contributed by atoms with Gasteiger partial charge in [0.15, 0.2) is 0 Å². The molecule has 0 aliphatic rings. The van der Waals surface area contributed by atoms with Crippen molar-refractivity contribution in [1.29, 1.82) is 0 Å². The average molecular weight is 361 g/mol. The van der Waals surface area contributed by atoms with E-state index in [4.69, 9.17) is 0 Å². The minimum Gasteiger partial charge on any atom is -0.347 e. The summed E-state index contributed by atoms with van der Waals surface area (Å²) in [6, 6.07) is 9.62. The summed E-state index contributed by atoms with van der Waals surface area (Å²) in [4.78, 5) is 25.3. The molecule has 0 unspecified atom stereocenters. The number of aromatic nitrogens is 3. The normalized spacial score (nSPS) is 10.5. The van der Waals surface area contributed by atoms with Gasteiger partial charge in [0.05, 0.1) is 0 Å². The Morgan fingerprint density at radius 2 is 1.63 bits per heavy atom. The molecular weight excluding hydrogens is 338 g/mol. The van der Waals surface area contributed by atoms with Gasteiger partial charge in [-0.25, -0.2) is 9.97 Å². The van der Waals surface area contributed by atoms with E-state index in [0.717, 1.165) is 28.1 Å². The van der Waals surface area contributed by atoms with E-state index in [0.29, 0.717) is 18.2 Å². The van der Waals surface area contributed by atoms with E-state index < -0.39 is 0 Å². The number of hydrogen-bond donors (Lipinski definition) is 2. The Morgan fingerprint density at radius 1 is 0.963 bits per heavy atom. The lowest BCUT2D eigenvalue weighted by molar-refractivity contribution is 0.0945. The number of nitrogens with one attached hydrogen (secondary N) is 2. The van der Waals surface area contributed by atoms with Crippen molar-refractivity contribution in [2.45, 2.75) is 34.2 Å². The lowest BCUT2D eigenvalue weighted by Crippen LogP contribution is -2.24. The highest BCUT2D eigenvalue weighted by molar-refractivity contribution is 5.92. The van der Waals surface area contributed by atoms with Crippen LogP contribution in [0.3, 0.4) is 0 Å². The summed E-state index contributed by atoms with van der Waals surface area (Å²) in [5, 5.41) is 6.15. The minimum absolute atomic E-state index is 0.238. The molecule has 0 radical (unpaired) electrons. The van der Waals surface area contributed by atoms with Gasteiger partial charge in [-0.2, -0.15) is 0 Å². The highest BCUT2D eigenvalue weighted by Crippen LogP contribution is 2.24. The van der Waals surface area contributed by atoms with Gasteiger partial charge in [-0.1, -0.05) is 17.7 Å². The second kappa shape index (κ2) is 7.95. The smallest absolute Gasteiger partial charge is 0.270 e. The molecule has 2 N–H and O–H groups in total. The highest BCUT2D eigenvalue weighted by atomic mass is 16.1. The standard InChI is InChI=1S/C21H23N5O/c1-13-9-14(2)19(15(3)10-13)26-21-24-16(4)11-18(25-21)20(27)23-12-17-5-7-22-8-6-17/h5-11H,12H2,1-4H3,(H,23,27)(H,24,25,26). The molecule has 0 bridgehead atoms. The Morgan fingerprint density at radius 3 is 2.30 bits per heavy atom. The number of anilines is 2. The molecule has 1 aromatic carbocycles. The van der Waals surface area contributed by atoms with Gasteiger partial charge < -0.3 is 10.6 Å². The molecular formula is C21H23N5O. The third kappa shape index (κ3) is 4.67. The molecule has 0 saturated carbocycles. The number of carbonyl (C=O) groups excluding carboxylic acids is 1. The molecule has 6 nitrogen and oxygen atoms in total. The Labute approximate surface area is 159 Å². The molecule has 138 valence electrons. The lowest BCUT2D eigenvalue weighted by atomic mass is 10.1. The van der Waals surface area contributed by atoms with Crippen LogP contribution in [0.4, 0.5) is 11.6 Å². The fraction of sp³-hybridized carbons (Fsp3) is 0.238. The Bertz CT molecular complexity index is 947. The summed E-state index contributed by atoms with van der Waals surface area (Å²) in [7, 11) is 0. The summed E-state index contributed by atoms with van der Waals surface area (Å²) in [5.74, 6) is 0.178. The summed E-state index contributed by atoms with van der Waals surface area (Å²) >= 11 is 0. The third-order valence-electron chi connectivity index (χ3n) is 4.20. The average Bonchev–Trinajstić information content (AvgIpc) is 2.63. The van der Waals surface area contributed by atoms with Gasteiger partial charge in [0.1, 0.15) is 5.69 Å². The van der Waals surface area contributed by atoms with Gasteiger partial charge in [-0.15, -0.1) is 0 Å². The first-order valence-electron chi connectivity index (χ1n) is 8.80. The van der Waals surface area contributed by atoms with Crippen LogP contribution in [0.2, 0.25) is 0 Å². The van der Waals surface area contributed by atoms with Crippen molar-refractivity contribution in [3.05, 3.63) is 76.4 Å². The van der Waals surface area contributed by atoms with E-state index >= 15 is 0 Å². The Hall–Kier alpha value is -3.28. The molecule has 0 saturated heterocycles. The van der Waals surface area contributed by atoms with Crippen LogP contribution < -0.4 is 10.6 Å². The Balaban J connectivity index is 1.79. The Kier molecular flexibility index (Phi) is 5.45. The van der Waals surface area contributed by atoms with Crippen LogP contribution in [0.5, 0.6) is 0 Å². The largest absolute Gasteiger partial charge is 0.347 e. The van der Waals surface area contributed by atoms with Crippen molar-refractivity contribution >= 4 is 17.5 Å². The maximum atomic E-state index is 12.5. The van der Waals surface area contributed by atoms with Gasteiger partial charge in [0.2, 0.25) is 5.95 Å². The van der Waals surface area contributed by atoms with Crippen molar-refractivity contribution in [3.8, 4) is 0 Å². The second-order valence-corrected chi connectivity index (χ2v) is 6.66. The first-order valence-corrected chi connectivity index (χ1v) is 8.80. The molecule has 2 aromatic heterocycles. The highest BCUT2D eigenvalue weighted by Gasteiger charge is 2.12. The van der Waals surface area contributed by atoms with E-state index in [1.54, 1.807) is 18.5 Å². The number of nitrogens with zero attached hydrogens (tertiary/aromatic N) is 3. The van der Waals surface area contributed by atoms with Crippen LogP contribution in [0, 0.1) is 27.7 Å². The molecule has 0 atom stereocenters. The van der Waals surface area contributed by atoms with Crippen molar-refractivity contribution in [2.75, 3.05) is 5.32 Å². The summed E-state index contributed by atoms with van der Waals surface area (Å²) in [6.07, 6.45) is 3.40. The molecule has 0 aliphatic carbocycles. The van der Waals surface area contributed by atoms with Crippen LogP contribution in [0.25, 0.3) is 0 Å². The number of hydrogen-bond acceptors (Lipinski definition) is 5. The minimum atomic E-state index is -0.238. The van der Waals surface area contributed by atoms with Crippen molar-refractivity contribution in [1.82, 2.24) is 20.3 Å². The number of benzene rings is 1. The predicted octanol–water partition coefficient (Wildman–Crippen LogP) is 3.78. The van der Waals surface area contributed by atoms with Crippen LogP contribution >= 0.6 is 0 Å². The van der Waals surface area contributed by atoms with Gasteiger partial charge >= 0.3 is 0 Å². The predicted molar refractivity (Wildman–Crippen MR) is 106 cm³/mol. The first kappa shape index (κ1) is 18.5. The molecule has 3 aromatic rings. The van der Waals surface area contributed by atoms with Crippen molar-refractivity contribution in [3.63, 3.8) is 0 Å². The molecule has 3 rings (SSSR count). The van der Waals surface area contributed by atoms with Gasteiger partial charge in [-0.3, -0.25) is 9.78 Å². The zero-order chi connectivity index (χ0) is 19.4. The van der Waals surface area contributed by atoms with Gasteiger partial charge in [0.25, 0.3) is 5.91 Å². The fourth-order valence-electron chi connectivity index (χ4n) is 3.00. The third-order valence-corrected chi connectivity index (χ3v) is 4.20. The SMILES string of the molecule is Cc1cc(C)c(Nc2nc(C)cc(C(=O)NCc3ccncc3)n2)c(C)c1. The molecule has 2 heterocycles. The van der Waals surface area contributed by atoms with E-state index in [1.807, 2.05) is 32.9 Å². The lowest BCUT2D eigenvalue weighted by Gasteiger charge is -2.14. The van der Waals surface area contributed by atoms with Gasteiger partial charge in [-0.05, 0) is 62.6 Å². The quantitative estimate of drug-likeness (QED) is 0.723. The van der Waals surface area contributed by atoms with E-state index in [2.05, 4.69) is 44.6 Å². The van der Waals surface area contributed by atoms with Crippen molar-refractivity contribution < 1.29 is 4.79 Å². The molecule has 0 fully saturated rings. The molecule has 0 aliphatic heterocycles. The molecule has 27 heavy (non-hydrogen) atoms. The summed E-state index contributed by atoms with van der Waals surface area (Å²) in [5.41, 5.74) is 6.44. The monoisotopic (exact) mass is 361 g/mol. The first-order chi connectivity index (χ1) is 12.9. The maximum Gasteiger partial charge on any atom is 0.270 e. The topological polar surface area (TPSA) is 79.8 Å². The van der Waals surface area contributed by atoms with Crippen LogP contribution in [0.1, 0.15) is 38.4 Å².